The van der Waals surface area contributed by atoms with E-state index in [9.17, 15) is 4.79 Å². The van der Waals surface area contributed by atoms with E-state index in [1.165, 1.54) is 19.1 Å². The first kappa shape index (κ1) is 13.9. The van der Waals surface area contributed by atoms with Crippen molar-refractivity contribution >= 4 is 11.7 Å². The second-order valence-electron chi connectivity index (χ2n) is 5.77. The molecule has 1 aliphatic carbocycles. The number of aryl methyl sites for hydroxylation is 1. The van der Waals surface area contributed by atoms with Gasteiger partial charge in [0.1, 0.15) is 5.54 Å². The Morgan fingerprint density at radius 1 is 1.47 bits per heavy atom. The lowest BCUT2D eigenvalue weighted by Crippen LogP contribution is -2.50. The number of methoxy groups -OCH3 is 1. The molecule has 1 fully saturated rings. The minimum atomic E-state index is -0.555. The van der Waals surface area contributed by atoms with Crippen molar-refractivity contribution in [1.29, 1.82) is 0 Å². The zero-order chi connectivity index (χ0) is 13.9. The van der Waals surface area contributed by atoms with E-state index in [1.54, 1.807) is 0 Å². The minimum Gasteiger partial charge on any atom is -0.467 e. The fraction of sp³-hybridized carbons (Fsp3) is 0.562. The number of hydrogen-bond acceptors (Lipinski definition) is 3. The summed E-state index contributed by atoms with van der Waals surface area (Å²) in [6, 6.07) is 8.15. The van der Waals surface area contributed by atoms with Gasteiger partial charge >= 0.3 is 5.97 Å². The van der Waals surface area contributed by atoms with Crippen LogP contribution in [0, 0.1) is 12.8 Å². The predicted molar refractivity (Wildman–Crippen MR) is 77.2 cm³/mol. The fourth-order valence-electron chi connectivity index (χ4n) is 3.10. The molecule has 1 aromatic rings. The summed E-state index contributed by atoms with van der Waals surface area (Å²) in [6.07, 6.45) is 3.94. The summed E-state index contributed by atoms with van der Waals surface area (Å²) in [7, 11) is 1.47. The van der Waals surface area contributed by atoms with Crippen molar-refractivity contribution in [1.82, 2.24) is 0 Å². The molecule has 0 aliphatic heterocycles. The second kappa shape index (κ2) is 5.64. The van der Waals surface area contributed by atoms with E-state index in [-0.39, 0.29) is 5.97 Å². The van der Waals surface area contributed by atoms with Crippen LogP contribution in [0.2, 0.25) is 0 Å². The highest BCUT2D eigenvalue weighted by Crippen LogP contribution is 2.36. The number of hydrogen-bond donors (Lipinski definition) is 1. The van der Waals surface area contributed by atoms with Gasteiger partial charge in [-0.2, -0.15) is 0 Å². The Morgan fingerprint density at radius 2 is 2.26 bits per heavy atom. The number of esters is 1. The van der Waals surface area contributed by atoms with Crippen molar-refractivity contribution in [3.63, 3.8) is 0 Å². The number of benzene rings is 1. The molecule has 1 aromatic carbocycles. The van der Waals surface area contributed by atoms with E-state index < -0.39 is 5.54 Å². The molecule has 2 rings (SSSR count). The van der Waals surface area contributed by atoms with Crippen LogP contribution < -0.4 is 5.32 Å². The third-order valence-corrected chi connectivity index (χ3v) is 3.98. The molecule has 19 heavy (non-hydrogen) atoms. The van der Waals surface area contributed by atoms with Crippen LogP contribution in [0.1, 0.15) is 38.2 Å². The molecule has 1 N–H and O–H groups in total. The van der Waals surface area contributed by atoms with Gasteiger partial charge in [-0.15, -0.1) is 0 Å². The average molecular weight is 261 g/mol. The number of carbonyl (C=O) groups is 1. The molecule has 2 unspecified atom stereocenters. The first-order chi connectivity index (χ1) is 9.05. The maximum absolute atomic E-state index is 12.2. The molecule has 0 amide bonds. The fourth-order valence-corrected chi connectivity index (χ4v) is 3.10. The highest BCUT2D eigenvalue weighted by atomic mass is 16.5. The number of ether oxygens (including phenoxy) is 1. The van der Waals surface area contributed by atoms with Gasteiger partial charge in [0.05, 0.1) is 7.11 Å². The highest BCUT2D eigenvalue weighted by Gasteiger charge is 2.42. The smallest absolute Gasteiger partial charge is 0.331 e. The quantitative estimate of drug-likeness (QED) is 0.846. The Balaban J connectivity index is 2.25. The average Bonchev–Trinajstić information content (AvgIpc) is 2.37. The van der Waals surface area contributed by atoms with Crippen molar-refractivity contribution in [2.75, 3.05) is 12.4 Å². The Hall–Kier alpha value is -1.51. The predicted octanol–water partition coefficient (Wildman–Crippen LogP) is 3.53. The first-order valence-corrected chi connectivity index (χ1v) is 6.99. The van der Waals surface area contributed by atoms with Crippen LogP contribution in [0.25, 0.3) is 0 Å². The maximum Gasteiger partial charge on any atom is 0.331 e. The van der Waals surface area contributed by atoms with Crippen LogP contribution in [0.3, 0.4) is 0 Å². The standard InChI is InChI=1S/C16H23NO2/c1-12-6-4-8-14(10-12)17-16(15(18)19-3)9-5-7-13(2)11-16/h4,6,8,10,13,17H,5,7,9,11H2,1-3H3. The summed E-state index contributed by atoms with van der Waals surface area (Å²) in [5.41, 5.74) is 1.63. The van der Waals surface area contributed by atoms with E-state index in [0.717, 1.165) is 24.9 Å². The van der Waals surface area contributed by atoms with Gasteiger partial charge in [0.2, 0.25) is 0 Å². The maximum atomic E-state index is 12.2. The lowest BCUT2D eigenvalue weighted by Gasteiger charge is -2.39. The molecule has 104 valence electrons. The summed E-state index contributed by atoms with van der Waals surface area (Å²) in [4.78, 5) is 12.2. The molecule has 0 radical (unpaired) electrons. The van der Waals surface area contributed by atoms with Crippen LogP contribution in [0.5, 0.6) is 0 Å². The van der Waals surface area contributed by atoms with Crippen LogP contribution >= 0.6 is 0 Å². The van der Waals surface area contributed by atoms with Crippen molar-refractivity contribution in [3.05, 3.63) is 29.8 Å². The topological polar surface area (TPSA) is 38.3 Å². The summed E-state index contributed by atoms with van der Waals surface area (Å²) >= 11 is 0. The highest BCUT2D eigenvalue weighted by molar-refractivity contribution is 5.84. The summed E-state index contributed by atoms with van der Waals surface area (Å²) < 4.78 is 5.04. The van der Waals surface area contributed by atoms with Crippen LogP contribution in [0.15, 0.2) is 24.3 Å². The minimum absolute atomic E-state index is 0.138. The van der Waals surface area contributed by atoms with Gasteiger partial charge in [-0.05, 0) is 43.4 Å². The van der Waals surface area contributed by atoms with Gasteiger partial charge in [-0.1, -0.05) is 31.9 Å². The van der Waals surface area contributed by atoms with Gasteiger partial charge in [-0.25, -0.2) is 4.79 Å². The summed E-state index contributed by atoms with van der Waals surface area (Å²) in [5, 5.41) is 3.44. The Bertz CT molecular complexity index is 458. The molecule has 2 atom stereocenters. The Morgan fingerprint density at radius 3 is 2.89 bits per heavy atom. The third kappa shape index (κ3) is 3.09. The molecule has 0 saturated heterocycles. The molecule has 0 spiro atoms. The van der Waals surface area contributed by atoms with Crippen molar-refractivity contribution < 1.29 is 9.53 Å². The van der Waals surface area contributed by atoms with Crippen molar-refractivity contribution in [2.24, 2.45) is 5.92 Å². The van der Waals surface area contributed by atoms with Gasteiger partial charge < -0.3 is 10.1 Å². The van der Waals surface area contributed by atoms with E-state index in [0.29, 0.717) is 5.92 Å². The SMILES string of the molecule is COC(=O)C1(Nc2cccc(C)c2)CCCC(C)C1. The molecule has 3 heteroatoms. The molecule has 1 saturated carbocycles. The lowest BCUT2D eigenvalue weighted by atomic mass is 9.76. The van der Waals surface area contributed by atoms with E-state index in [4.69, 9.17) is 4.74 Å². The van der Waals surface area contributed by atoms with Crippen LogP contribution in [0.4, 0.5) is 5.69 Å². The largest absolute Gasteiger partial charge is 0.467 e. The summed E-state index contributed by atoms with van der Waals surface area (Å²) in [6.45, 7) is 4.26. The van der Waals surface area contributed by atoms with Gasteiger partial charge in [0.15, 0.2) is 0 Å². The first-order valence-electron chi connectivity index (χ1n) is 6.99. The number of carbonyl (C=O) groups excluding carboxylic acids is 1. The van der Waals surface area contributed by atoms with Gasteiger partial charge in [-0.3, -0.25) is 0 Å². The van der Waals surface area contributed by atoms with Gasteiger partial charge in [0.25, 0.3) is 0 Å². The Labute approximate surface area is 115 Å². The zero-order valence-corrected chi connectivity index (χ0v) is 12.0. The van der Waals surface area contributed by atoms with E-state index in [2.05, 4.69) is 31.3 Å². The van der Waals surface area contributed by atoms with Crippen LogP contribution in [-0.2, 0) is 9.53 Å². The number of nitrogens with one attached hydrogen (secondary N) is 1. The molecule has 0 bridgehead atoms. The second-order valence-corrected chi connectivity index (χ2v) is 5.77. The normalized spacial score (nSPS) is 26.8. The van der Waals surface area contributed by atoms with Crippen molar-refractivity contribution in [3.8, 4) is 0 Å². The lowest BCUT2D eigenvalue weighted by molar-refractivity contribution is -0.147. The molecule has 0 aromatic heterocycles. The zero-order valence-electron chi connectivity index (χ0n) is 12.0. The Kier molecular flexibility index (Phi) is 4.13. The van der Waals surface area contributed by atoms with Crippen LogP contribution in [-0.4, -0.2) is 18.6 Å². The molecule has 3 nitrogen and oxygen atoms in total. The van der Waals surface area contributed by atoms with E-state index >= 15 is 0 Å². The third-order valence-electron chi connectivity index (χ3n) is 3.98. The van der Waals surface area contributed by atoms with Gasteiger partial charge in [0, 0.05) is 5.69 Å². The molecular weight excluding hydrogens is 238 g/mol. The number of anilines is 1. The molecule has 1 aliphatic rings. The monoisotopic (exact) mass is 261 g/mol. The van der Waals surface area contributed by atoms with E-state index in [1.807, 2.05) is 12.1 Å². The molecular formula is C16H23NO2. The summed E-state index contributed by atoms with van der Waals surface area (Å²) in [5.74, 6) is 0.408. The molecule has 0 heterocycles. The van der Waals surface area contributed by atoms with Crippen molar-refractivity contribution in [2.45, 2.75) is 45.1 Å². The number of rotatable bonds is 3.